The van der Waals surface area contributed by atoms with Gasteiger partial charge in [-0.25, -0.2) is 0 Å². The zero-order valence-corrected chi connectivity index (χ0v) is 17.2. The highest BCUT2D eigenvalue weighted by atomic mass is 16.4. The summed E-state index contributed by atoms with van der Waals surface area (Å²) in [5.74, 6) is -1.85. The molecule has 4 nitrogen and oxygen atoms in total. The summed E-state index contributed by atoms with van der Waals surface area (Å²) in [7, 11) is 0. The molecule has 0 aliphatic carbocycles. The van der Waals surface area contributed by atoms with E-state index < -0.39 is 17.9 Å². The maximum absolute atomic E-state index is 11.0. The highest BCUT2D eigenvalue weighted by Gasteiger charge is 2.20. The van der Waals surface area contributed by atoms with Crippen LogP contribution in [0, 0.1) is 11.8 Å². The van der Waals surface area contributed by atoms with E-state index in [-0.39, 0.29) is 6.42 Å². The Morgan fingerprint density at radius 2 is 1.12 bits per heavy atom. The van der Waals surface area contributed by atoms with Crippen molar-refractivity contribution in [3.63, 3.8) is 0 Å². The van der Waals surface area contributed by atoms with Crippen LogP contribution in [0.3, 0.4) is 0 Å². The van der Waals surface area contributed by atoms with Gasteiger partial charge in [0.2, 0.25) is 0 Å². The van der Waals surface area contributed by atoms with Gasteiger partial charge in [-0.3, -0.25) is 9.59 Å². The lowest BCUT2D eigenvalue weighted by Crippen LogP contribution is -2.17. The van der Waals surface area contributed by atoms with Crippen LogP contribution in [0.25, 0.3) is 0 Å². The average Bonchev–Trinajstić information content (AvgIpc) is 2.58. The molecule has 2 N–H and O–H groups in total. The first kappa shape index (κ1) is 24.9. The van der Waals surface area contributed by atoms with E-state index >= 15 is 0 Å². The Morgan fingerprint density at radius 1 is 0.692 bits per heavy atom. The lowest BCUT2D eigenvalue weighted by Gasteiger charge is -2.11. The minimum Gasteiger partial charge on any atom is -0.481 e. The number of carboxylic acid groups (broad SMARTS) is 2. The van der Waals surface area contributed by atoms with Gasteiger partial charge in [-0.15, -0.1) is 0 Å². The Labute approximate surface area is 160 Å². The largest absolute Gasteiger partial charge is 0.481 e. The maximum Gasteiger partial charge on any atom is 0.307 e. The summed E-state index contributed by atoms with van der Waals surface area (Å²) in [6, 6.07) is 0. The van der Waals surface area contributed by atoms with Gasteiger partial charge >= 0.3 is 11.9 Å². The van der Waals surface area contributed by atoms with Gasteiger partial charge in [0.25, 0.3) is 0 Å². The lowest BCUT2D eigenvalue weighted by atomic mass is 9.95. The molecule has 0 aromatic rings. The van der Waals surface area contributed by atoms with Crippen LogP contribution in [0.5, 0.6) is 0 Å². The van der Waals surface area contributed by atoms with E-state index in [0.717, 1.165) is 25.2 Å². The Hall–Kier alpha value is -1.06. The molecule has 0 saturated heterocycles. The maximum atomic E-state index is 11.0. The van der Waals surface area contributed by atoms with Crippen molar-refractivity contribution in [2.45, 2.75) is 117 Å². The fourth-order valence-electron chi connectivity index (χ4n) is 3.53. The molecule has 0 heterocycles. The molecule has 0 aliphatic rings. The van der Waals surface area contributed by atoms with Gasteiger partial charge in [0.1, 0.15) is 0 Å². The van der Waals surface area contributed by atoms with Crippen molar-refractivity contribution in [1.82, 2.24) is 0 Å². The molecule has 0 aromatic carbocycles. The second-order valence-corrected chi connectivity index (χ2v) is 7.99. The number of aliphatic carboxylic acids is 2. The molecular weight excluding hydrogens is 328 g/mol. The van der Waals surface area contributed by atoms with Crippen LogP contribution in [0.4, 0.5) is 0 Å². The van der Waals surface area contributed by atoms with E-state index in [1.165, 1.54) is 70.6 Å². The van der Waals surface area contributed by atoms with Gasteiger partial charge in [-0.2, -0.15) is 0 Å². The van der Waals surface area contributed by atoms with E-state index in [0.29, 0.717) is 6.42 Å². The van der Waals surface area contributed by atoms with E-state index in [1.807, 2.05) is 0 Å². The third-order valence-electron chi connectivity index (χ3n) is 5.32. The number of rotatable bonds is 19. The molecule has 0 aromatic heterocycles. The lowest BCUT2D eigenvalue weighted by molar-refractivity contribution is -0.148. The van der Waals surface area contributed by atoms with Crippen molar-refractivity contribution in [3.05, 3.63) is 0 Å². The van der Waals surface area contributed by atoms with Crippen molar-refractivity contribution in [2.75, 3.05) is 0 Å². The summed E-state index contributed by atoms with van der Waals surface area (Å²) in [4.78, 5) is 21.6. The standard InChI is InChI=1S/C22H42O4/c1-3-4-5-12-15-19(2)16-13-10-8-6-7-9-11-14-17-20(22(25)26)18-21(23)24/h19-20H,3-18H2,1-2H3,(H,23,24)(H,25,26). The van der Waals surface area contributed by atoms with Gasteiger partial charge in [-0.1, -0.05) is 104 Å². The van der Waals surface area contributed by atoms with Crippen LogP contribution in [0.1, 0.15) is 117 Å². The number of carbonyl (C=O) groups is 2. The second kappa shape index (κ2) is 17.4. The van der Waals surface area contributed by atoms with Crippen molar-refractivity contribution in [3.8, 4) is 0 Å². The molecule has 0 amide bonds. The molecule has 154 valence electrons. The minimum atomic E-state index is -1.02. The zero-order valence-electron chi connectivity index (χ0n) is 17.2. The third kappa shape index (κ3) is 16.4. The van der Waals surface area contributed by atoms with Crippen LogP contribution >= 0.6 is 0 Å². The molecule has 4 heteroatoms. The molecule has 0 fully saturated rings. The predicted octanol–water partition coefficient (Wildman–Crippen LogP) is 6.67. The fraction of sp³-hybridized carbons (Fsp3) is 0.909. The van der Waals surface area contributed by atoms with Gasteiger partial charge in [0.15, 0.2) is 0 Å². The van der Waals surface area contributed by atoms with Crippen molar-refractivity contribution in [2.24, 2.45) is 11.8 Å². The zero-order chi connectivity index (χ0) is 19.6. The summed E-state index contributed by atoms with van der Waals surface area (Å²) < 4.78 is 0. The molecule has 0 aliphatic heterocycles. The second-order valence-electron chi connectivity index (χ2n) is 7.99. The Kier molecular flexibility index (Phi) is 16.7. The average molecular weight is 371 g/mol. The van der Waals surface area contributed by atoms with Crippen molar-refractivity contribution in [1.29, 1.82) is 0 Å². The first-order valence-corrected chi connectivity index (χ1v) is 10.9. The summed E-state index contributed by atoms with van der Waals surface area (Å²) >= 11 is 0. The summed E-state index contributed by atoms with van der Waals surface area (Å²) in [6.07, 6.45) is 17.9. The van der Waals surface area contributed by atoms with E-state index in [4.69, 9.17) is 10.2 Å². The van der Waals surface area contributed by atoms with Crippen LogP contribution < -0.4 is 0 Å². The first-order chi connectivity index (χ1) is 12.5. The van der Waals surface area contributed by atoms with Crippen molar-refractivity contribution >= 4 is 11.9 Å². The van der Waals surface area contributed by atoms with Crippen molar-refractivity contribution < 1.29 is 19.8 Å². The smallest absolute Gasteiger partial charge is 0.307 e. The van der Waals surface area contributed by atoms with Crippen LogP contribution in [-0.4, -0.2) is 22.2 Å². The van der Waals surface area contributed by atoms with Gasteiger partial charge < -0.3 is 10.2 Å². The monoisotopic (exact) mass is 370 g/mol. The van der Waals surface area contributed by atoms with E-state index in [2.05, 4.69) is 13.8 Å². The highest BCUT2D eigenvalue weighted by molar-refractivity contribution is 5.77. The highest BCUT2D eigenvalue weighted by Crippen LogP contribution is 2.19. The molecule has 0 radical (unpaired) electrons. The number of unbranched alkanes of at least 4 members (excludes halogenated alkanes) is 10. The summed E-state index contributed by atoms with van der Waals surface area (Å²) in [5.41, 5.74) is 0. The Morgan fingerprint density at radius 3 is 1.54 bits per heavy atom. The quantitative estimate of drug-likeness (QED) is 0.249. The fourth-order valence-corrected chi connectivity index (χ4v) is 3.53. The Balaban J connectivity index is 3.40. The van der Waals surface area contributed by atoms with Gasteiger partial charge in [0.05, 0.1) is 12.3 Å². The molecule has 2 unspecified atom stereocenters. The first-order valence-electron chi connectivity index (χ1n) is 10.9. The molecule has 0 bridgehead atoms. The normalized spacial score (nSPS) is 13.5. The summed E-state index contributed by atoms with van der Waals surface area (Å²) in [6.45, 7) is 4.65. The van der Waals surface area contributed by atoms with Gasteiger partial charge in [0, 0.05) is 0 Å². The van der Waals surface area contributed by atoms with Crippen LogP contribution in [0.15, 0.2) is 0 Å². The molecule has 0 rings (SSSR count). The van der Waals surface area contributed by atoms with Gasteiger partial charge in [-0.05, 0) is 12.3 Å². The number of hydrogen-bond donors (Lipinski definition) is 2. The summed E-state index contributed by atoms with van der Waals surface area (Å²) in [5, 5.41) is 17.7. The molecule has 26 heavy (non-hydrogen) atoms. The third-order valence-corrected chi connectivity index (χ3v) is 5.32. The van der Waals surface area contributed by atoms with E-state index in [9.17, 15) is 9.59 Å². The van der Waals surface area contributed by atoms with E-state index in [1.54, 1.807) is 0 Å². The molecule has 0 saturated carbocycles. The molecular formula is C22H42O4. The minimum absolute atomic E-state index is 0.258. The molecule has 0 spiro atoms. The number of hydrogen-bond acceptors (Lipinski definition) is 2. The topological polar surface area (TPSA) is 74.6 Å². The van der Waals surface area contributed by atoms with Crippen LogP contribution in [0.2, 0.25) is 0 Å². The van der Waals surface area contributed by atoms with Crippen LogP contribution in [-0.2, 0) is 9.59 Å². The number of carboxylic acids is 2. The molecule has 2 atom stereocenters. The SMILES string of the molecule is CCCCCCC(C)CCCCCCCCCCC(CC(=O)O)C(=O)O. The Bertz CT molecular complexity index is 354. The predicted molar refractivity (Wildman–Crippen MR) is 107 cm³/mol.